The lowest BCUT2D eigenvalue weighted by Gasteiger charge is -2.33. The van der Waals surface area contributed by atoms with Gasteiger partial charge >= 0.3 is 0 Å². The molecule has 26 heavy (non-hydrogen) atoms. The van der Waals surface area contributed by atoms with Crippen molar-refractivity contribution in [1.82, 2.24) is 0 Å². The molecular formula is C20H25ClN3O2+. The number of rotatable bonds is 6. The van der Waals surface area contributed by atoms with Crippen molar-refractivity contribution in [2.24, 2.45) is 0 Å². The number of hydrogen-bond acceptors (Lipinski definition) is 3. The van der Waals surface area contributed by atoms with Crippen molar-refractivity contribution in [3.05, 3.63) is 53.6 Å². The van der Waals surface area contributed by atoms with Gasteiger partial charge in [-0.1, -0.05) is 17.7 Å². The van der Waals surface area contributed by atoms with Gasteiger partial charge in [-0.05, 0) is 49.4 Å². The van der Waals surface area contributed by atoms with Crippen LogP contribution in [0.25, 0.3) is 0 Å². The van der Waals surface area contributed by atoms with Crippen molar-refractivity contribution >= 4 is 28.9 Å². The van der Waals surface area contributed by atoms with E-state index in [9.17, 15) is 4.79 Å². The summed E-state index contributed by atoms with van der Waals surface area (Å²) in [5.74, 6) is 0.855. The molecule has 0 atom stereocenters. The van der Waals surface area contributed by atoms with Gasteiger partial charge in [0.15, 0.2) is 6.54 Å². The van der Waals surface area contributed by atoms with Crippen LogP contribution in [0.1, 0.15) is 6.92 Å². The van der Waals surface area contributed by atoms with Gasteiger partial charge in [0.05, 0.1) is 32.8 Å². The SMILES string of the molecule is CCOc1ccc(NC(=O)C[NH+]2CCN(c3cccc(Cl)c3)CC2)cc1. The molecule has 1 aliphatic heterocycles. The highest BCUT2D eigenvalue weighted by atomic mass is 35.5. The van der Waals surface area contributed by atoms with Gasteiger partial charge in [0.2, 0.25) is 0 Å². The lowest BCUT2D eigenvalue weighted by atomic mass is 10.2. The maximum absolute atomic E-state index is 12.3. The summed E-state index contributed by atoms with van der Waals surface area (Å²) >= 11 is 6.07. The molecule has 1 saturated heterocycles. The third-order valence-corrected chi connectivity index (χ3v) is 4.74. The molecular weight excluding hydrogens is 350 g/mol. The standard InChI is InChI=1S/C20H24ClN3O2/c1-2-26-19-8-6-17(7-9-19)22-20(25)15-23-10-12-24(13-11-23)18-5-3-4-16(21)14-18/h3-9,14H,2,10-13,15H2,1H3,(H,22,25)/p+1. The fraction of sp³-hybridized carbons (Fsp3) is 0.350. The van der Waals surface area contributed by atoms with E-state index in [1.807, 2.05) is 49.4 Å². The van der Waals surface area contributed by atoms with Crippen molar-refractivity contribution in [2.75, 3.05) is 49.5 Å². The summed E-state index contributed by atoms with van der Waals surface area (Å²) in [6.45, 7) is 6.78. The van der Waals surface area contributed by atoms with Crippen LogP contribution in [-0.2, 0) is 4.79 Å². The molecule has 0 aromatic heterocycles. The van der Waals surface area contributed by atoms with Crippen LogP contribution < -0.4 is 19.9 Å². The van der Waals surface area contributed by atoms with Crippen molar-refractivity contribution < 1.29 is 14.4 Å². The van der Waals surface area contributed by atoms with Crippen molar-refractivity contribution in [2.45, 2.75) is 6.92 Å². The monoisotopic (exact) mass is 374 g/mol. The predicted octanol–water partition coefficient (Wildman–Crippen LogP) is 2.08. The first kappa shape index (κ1) is 18.5. The summed E-state index contributed by atoms with van der Waals surface area (Å²) in [4.78, 5) is 15.9. The number of quaternary nitrogens is 1. The Balaban J connectivity index is 1.46. The van der Waals surface area contributed by atoms with Crippen LogP contribution in [-0.4, -0.2) is 45.2 Å². The maximum Gasteiger partial charge on any atom is 0.279 e. The lowest BCUT2D eigenvalue weighted by Crippen LogP contribution is -3.15. The van der Waals surface area contributed by atoms with Gasteiger partial charge in [-0.25, -0.2) is 0 Å². The van der Waals surface area contributed by atoms with Gasteiger partial charge in [0.25, 0.3) is 5.91 Å². The molecule has 2 aromatic carbocycles. The van der Waals surface area contributed by atoms with Crippen LogP contribution in [0.2, 0.25) is 5.02 Å². The molecule has 1 fully saturated rings. The largest absolute Gasteiger partial charge is 0.494 e. The van der Waals surface area contributed by atoms with Crippen LogP contribution in [0, 0.1) is 0 Å². The Morgan fingerprint density at radius 3 is 2.58 bits per heavy atom. The van der Waals surface area contributed by atoms with E-state index in [4.69, 9.17) is 16.3 Å². The highest BCUT2D eigenvalue weighted by Gasteiger charge is 2.22. The van der Waals surface area contributed by atoms with E-state index in [0.717, 1.165) is 48.3 Å². The quantitative estimate of drug-likeness (QED) is 0.813. The number of amides is 1. The zero-order valence-corrected chi connectivity index (χ0v) is 15.8. The number of nitrogens with one attached hydrogen (secondary N) is 2. The van der Waals surface area contributed by atoms with Crippen LogP contribution in [0.4, 0.5) is 11.4 Å². The number of nitrogens with zero attached hydrogens (tertiary/aromatic N) is 1. The van der Waals surface area contributed by atoms with E-state index in [1.165, 1.54) is 4.90 Å². The Hall–Kier alpha value is -2.24. The molecule has 6 heteroatoms. The average Bonchev–Trinajstić information content (AvgIpc) is 2.64. The summed E-state index contributed by atoms with van der Waals surface area (Å²) in [6.07, 6.45) is 0. The van der Waals surface area contributed by atoms with Crippen molar-refractivity contribution in [3.63, 3.8) is 0 Å². The molecule has 0 spiro atoms. The third-order valence-electron chi connectivity index (χ3n) is 4.50. The Morgan fingerprint density at radius 1 is 1.19 bits per heavy atom. The predicted molar refractivity (Wildman–Crippen MR) is 105 cm³/mol. The normalized spacial score (nSPS) is 14.9. The molecule has 138 valence electrons. The summed E-state index contributed by atoms with van der Waals surface area (Å²) < 4.78 is 5.41. The Kier molecular flexibility index (Phi) is 6.36. The van der Waals surface area contributed by atoms with Crippen molar-refractivity contribution in [1.29, 1.82) is 0 Å². The second kappa shape index (κ2) is 8.92. The van der Waals surface area contributed by atoms with Crippen LogP contribution in [0.5, 0.6) is 5.75 Å². The number of carbonyl (C=O) groups is 1. The van der Waals surface area contributed by atoms with Gasteiger partial charge in [0, 0.05) is 16.4 Å². The molecule has 0 bridgehead atoms. The van der Waals surface area contributed by atoms with E-state index in [0.29, 0.717) is 13.2 Å². The number of anilines is 2. The minimum Gasteiger partial charge on any atom is -0.494 e. The first-order chi connectivity index (χ1) is 12.6. The van der Waals surface area contributed by atoms with E-state index in [2.05, 4.69) is 16.3 Å². The molecule has 5 nitrogen and oxygen atoms in total. The number of halogens is 1. The van der Waals surface area contributed by atoms with E-state index >= 15 is 0 Å². The van der Waals surface area contributed by atoms with Crippen LogP contribution in [0.3, 0.4) is 0 Å². The van der Waals surface area contributed by atoms with Gasteiger partial charge in [0.1, 0.15) is 5.75 Å². The fourth-order valence-electron chi connectivity index (χ4n) is 3.16. The molecule has 0 unspecified atom stereocenters. The van der Waals surface area contributed by atoms with Crippen LogP contribution in [0.15, 0.2) is 48.5 Å². The second-order valence-corrected chi connectivity index (χ2v) is 6.84. The molecule has 0 aliphatic carbocycles. The average molecular weight is 375 g/mol. The molecule has 2 aromatic rings. The number of hydrogen-bond donors (Lipinski definition) is 2. The summed E-state index contributed by atoms with van der Waals surface area (Å²) in [5.41, 5.74) is 1.95. The summed E-state index contributed by atoms with van der Waals surface area (Å²) in [7, 11) is 0. The minimum atomic E-state index is 0.0420. The minimum absolute atomic E-state index is 0.0420. The van der Waals surface area contributed by atoms with Crippen LogP contribution >= 0.6 is 11.6 Å². The van der Waals surface area contributed by atoms with Gasteiger partial charge in [-0.15, -0.1) is 0 Å². The topological polar surface area (TPSA) is 46.0 Å². The third kappa shape index (κ3) is 5.13. The number of carbonyl (C=O) groups excluding carboxylic acids is 1. The van der Waals surface area contributed by atoms with E-state index in [1.54, 1.807) is 0 Å². The summed E-state index contributed by atoms with van der Waals surface area (Å²) in [5, 5.41) is 3.72. The smallest absolute Gasteiger partial charge is 0.279 e. The van der Waals surface area contributed by atoms with E-state index < -0.39 is 0 Å². The van der Waals surface area contributed by atoms with Gasteiger partial charge < -0.3 is 19.9 Å². The first-order valence-corrected chi connectivity index (χ1v) is 9.38. The first-order valence-electron chi connectivity index (χ1n) is 9.01. The molecule has 1 aliphatic rings. The molecule has 1 heterocycles. The molecule has 0 saturated carbocycles. The number of ether oxygens (including phenoxy) is 1. The molecule has 3 rings (SSSR count). The molecule has 1 amide bonds. The maximum atomic E-state index is 12.3. The Morgan fingerprint density at radius 2 is 1.92 bits per heavy atom. The van der Waals surface area contributed by atoms with E-state index in [-0.39, 0.29) is 5.91 Å². The second-order valence-electron chi connectivity index (χ2n) is 6.40. The summed E-state index contributed by atoms with van der Waals surface area (Å²) in [6, 6.07) is 15.4. The fourth-order valence-corrected chi connectivity index (χ4v) is 3.35. The van der Waals surface area contributed by atoms with Crippen molar-refractivity contribution in [3.8, 4) is 5.75 Å². The number of piperazine rings is 1. The zero-order chi connectivity index (χ0) is 18.4. The zero-order valence-electron chi connectivity index (χ0n) is 15.0. The molecule has 2 N–H and O–H groups in total. The lowest BCUT2D eigenvalue weighted by molar-refractivity contribution is -0.892. The highest BCUT2D eigenvalue weighted by molar-refractivity contribution is 6.30. The van der Waals surface area contributed by atoms with Gasteiger partial charge in [-0.2, -0.15) is 0 Å². The number of benzene rings is 2. The Labute approximate surface area is 159 Å². The Bertz CT molecular complexity index is 728. The highest BCUT2D eigenvalue weighted by Crippen LogP contribution is 2.19. The van der Waals surface area contributed by atoms with Gasteiger partial charge in [-0.3, -0.25) is 4.79 Å². The molecule has 0 radical (unpaired) electrons.